The fraction of sp³-hybridized carbons (Fsp3) is 0.370. The summed E-state index contributed by atoms with van der Waals surface area (Å²) >= 11 is 13.4. The van der Waals surface area contributed by atoms with Gasteiger partial charge in [-0.15, -0.1) is 0 Å². The van der Waals surface area contributed by atoms with Gasteiger partial charge in [-0.05, 0) is 91.9 Å². The maximum atomic E-state index is 13.0. The van der Waals surface area contributed by atoms with Crippen molar-refractivity contribution in [2.24, 2.45) is 0 Å². The zero-order chi connectivity index (χ0) is 26.2. The highest BCUT2D eigenvalue weighted by molar-refractivity contribution is 8.18. The number of imide groups is 1. The predicted octanol–water partition coefficient (Wildman–Crippen LogP) is 7.17. The number of halogens is 2. The molecule has 0 aliphatic carbocycles. The van der Waals surface area contributed by atoms with Gasteiger partial charge in [0.2, 0.25) is 5.91 Å². The Morgan fingerprint density at radius 1 is 1.22 bits per heavy atom. The average Bonchev–Trinajstić information content (AvgIpc) is 3.04. The lowest BCUT2D eigenvalue weighted by Gasteiger charge is -2.47. The molecule has 1 atom stereocenters. The van der Waals surface area contributed by atoms with Crippen LogP contribution in [0.25, 0.3) is 6.08 Å². The van der Waals surface area contributed by atoms with Crippen LogP contribution in [0.1, 0.15) is 57.6 Å². The van der Waals surface area contributed by atoms with Crippen LogP contribution in [0, 0.1) is 0 Å². The molecule has 0 spiro atoms. The summed E-state index contributed by atoms with van der Waals surface area (Å²) in [5.74, 6) is -0.681. The Balaban J connectivity index is 1.56. The number of amides is 3. The van der Waals surface area contributed by atoms with Crippen molar-refractivity contribution in [2.75, 3.05) is 23.3 Å². The smallest absolute Gasteiger partial charge is 0.294 e. The van der Waals surface area contributed by atoms with Crippen LogP contribution >= 0.6 is 35.0 Å². The number of thioether (sulfide) groups is 1. The lowest BCUT2D eigenvalue weighted by atomic mass is 9.79. The van der Waals surface area contributed by atoms with Crippen LogP contribution in [0.4, 0.5) is 16.2 Å². The molecule has 0 saturated carbocycles. The summed E-state index contributed by atoms with van der Waals surface area (Å²) in [5, 5.41) is 3.16. The molecule has 2 aliphatic heterocycles. The van der Waals surface area contributed by atoms with Gasteiger partial charge in [0.1, 0.15) is 6.54 Å². The van der Waals surface area contributed by atoms with Crippen molar-refractivity contribution < 1.29 is 14.4 Å². The Morgan fingerprint density at radius 2 is 1.97 bits per heavy atom. The standard InChI is InChI=1S/C27H29Cl2N3O3S/c1-5-9-32-22-13-21(29)17(10-20(22)16(2)14-27(32,3)4)11-23-25(34)31(26(35)36-23)15-24(33)30-19-8-6-7-18(28)12-19/h6-8,10-13,16H,5,9,14-15H2,1-4H3,(H,30,33)/b23-11+. The van der Waals surface area contributed by atoms with Crippen molar-refractivity contribution in [3.05, 3.63) is 62.5 Å². The fourth-order valence-corrected chi connectivity index (χ4v) is 6.20. The minimum absolute atomic E-state index is 0.0155. The summed E-state index contributed by atoms with van der Waals surface area (Å²) in [5.41, 5.74) is 3.49. The third kappa shape index (κ3) is 5.43. The van der Waals surface area contributed by atoms with Crippen molar-refractivity contribution >= 4 is 69.5 Å². The summed E-state index contributed by atoms with van der Waals surface area (Å²) in [6.45, 7) is 9.41. The summed E-state index contributed by atoms with van der Waals surface area (Å²) in [6.07, 6.45) is 3.67. The highest BCUT2D eigenvalue weighted by atomic mass is 35.5. The molecular weight excluding hydrogens is 517 g/mol. The number of benzene rings is 2. The third-order valence-electron chi connectivity index (χ3n) is 6.52. The van der Waals surface area contributed by atoms with E-state index in [-0.39, 0.29) is 17.0 Å². The van der Waals surface area contributed by atoms with E-state index in [1.165, 1.54) is 5.56 Å². The molecule has 6 nitrogen and oxygen atoms in total. The second kappa shape index (κ2) is 10.5. The van der Waals surface area contributed by atoms with Crippen LogP contribution < -0.4 is 10.2 Å². The van der Waals surface area contributed by atoms with Crippen molar-refractivity contribution in [1.82, 2.24) is 4.90 Å². The largest absolute Gasteiger partial charge is 0.366 e. The van der Waals surface area contributed by atoms with E-state index in [9.17, 15) is 14.4 Å². The first-order chi connectivity index (χ1) is 17.0. The van der Waals surface area contributed by atoms with Gasteiger partial charge in [-0.25, -0.2) is 0 Å². The van der Waals surface area contributed by atoms with Gasteiger partial charge in [0, 0.05) is 33.5 Å². The molecule has 2 aromatic carbocycles. The zero-order valence-corrected chi connectivity index (χ0v) is 23.1. The number of carbonyl (C=O) groups excluding carboxylic acids is 3. The van der Waals surface area contributed by atoms with Crippen LogP contribution in [0.2, 0.25) is 10.0 Å². The van der Waals surface area contributed by atoms with Gasteiger partial charge in [0.25, 0.3) is 11.1 Å². The van der Waals surface area contributed by atoms with Crippen LogP contribution in [-0.4, -0.2) is 40.6 Å². The van der Waals surface area contributed by atoms with E-state index in [0.29, 0.717) is 27.2 Å². The Hall–Kier alpha value is -2.48. The molecule has 1 unspecified atom stereocenters. The van der Waals surface area contributed by atoms with Crippen molar-refractivity contribution in [3.63, 3.8) is 0 Å². The molecule has 0 aromatic heterocycles. The molecule has 9 heteroatoms. The highest BCUT2D eigenvalue weighted by Crippen LogP contribution is 2.46. The summed E-state index contributed by atoms with van der Waals surface area (Å²) in [4.78, 5) is 41.6. The number of fused-ring (bicyclic) bond motifs is 1. The Bertz CT molecular complexity index is 1260. The third-order valence-corrected chi connectivity index (χ3v) is 7.99. The maximum Gasteiger partial charge on any atom is 0.294 e. The van der Waals surface area contributed by atoms with Crippen LogP contribution in [-0.2, 0) is 9.59 Å². The first-order valence-corrected chi connectivity index (χ1v) is 13.5. The van der Waals surface area contributed by atoms with Gasteiger partial charge < -0.3 is 10.2 Å². The van der Waals surface area contributed by atoms with Crippen LogP contribution in [0.5, 0.6) is 0 Å². The first kappa shape index (κ1) is 26.6. The second-order valence-corrected chi connectivity index (χ2v) is 11.7. The molecular formula is C27H29Cl2N3O3S. The van der Waals surface area contributed by atoms with Gasteiger partial charge in [0.15, 0.2) is 0 Å². The highest BCUT2D eigenvalue weighted by Gasteiger charge is 2.38. The average molecular weight is 547 g/mol. The molecule has 36 heavy (non-hydrogen) atoms. The first-order valence-electron chi connectivity index (χ1n) is 11.9. The predicted molar refractivity (Wildman–Crippen MR) is 149 cm³/mol. The van der Waals surface area contributed by atoms with E-state index in [4.69, 9.17) is 23.2 Å². The van der Waals surface area contributed by atoms with Gasteiger partial charge in [-0.3, -0.25) is 19.3 Å². The van der Waals surface area contributed by atoms with Crippen molar-refractivity contribution in [2.45, 2.75) is 52.0 Å². The molecule has 2 heterocycles. The molecule has 1 N–H and O–H groups in total. The molecule has 1 fully saturated rings. The molecule has 1 saturated heterocycles. The number of nitrogens with zero attached hydrogens (tertiary/aromatic N) is 2. The Kier molecular flexibility index (Phi) is 7.74. The number of hydrogen-bond donors (Lipinski definition) is 1. The number of carbonyl (C=O) groups is 3. The van der Waals surface area contributed by atoms with E-state index >= 15 is 0 Å². The van der Waals surface area contributed by atoms with Crippen LogP contribution in [0.3, 0.4) is 0 Å². The van der Waals surface area contributed by atoms with E-state index < -0.39 is 17.1 Å². The summed E-state index contributed by atoms with van der Waals surface area (Å²) in [7, 11) is 0. The monoisotopic (exact) mass is 545 g/mol. The molecule has 2 aromatic rings. The van der Waals surface area contributed by atoms with E-state index in [1.54, 1.807) is 30.3 Å². The maximum absolute atomic E-state index is 13.0. The Morgan fingerprint density at radius 3 is 2.67 bits per heavy atom. The molecule has 4 rings (SSSR count). The minimum atomic E-state index is -0.512. The second-order valence-electron chi connectivity index (χ2n) is 9.83. The molecule has 3 amide bonds. The minimum Gasteiger partial charge on any atom is -0.366 e. The molecule has 0 radical (unpaired) electrons. The van der Waals surface area contributed by atoms with Crippen molar-refractivity contribution in [1.29, 1.82) is 0 Å². The van der Waals surface area contributed by atoms with Gasteiger partial charge in [-0.1, -0.05) is 43.1 Å². The quantitative estimate of drug-likeness (QED) is 0.389. The zero-order valence-electron chi connectivity index (χ0n) is 20.7. The van der Waals surface area contributed by atoms with Crippen molar-refractivity contribution in [3.8, 4) is 0 Å². The molecule has 2 aliphatic rings. The van der Waals surface area contributed by atoms with E-state index in [0.717, 1.165) is 41.7 Å². The van der Waals surface area contributed by atoms with Crippen LogP contribution in [0.15, 0.2) is 41.3 Å². The Labute approximate surface area is 226 Å². The number of nitrogens with one attached hydrogen (secondary N) is 1. The lowest BCUT2D eigenvalue weighted by molar-refractivity contribution is -0.127. The number of anilines is 2. The topological polar surface area (TPSA) is 69.7 Å². The number of hydrogen-bond acceptors (Lipinski definition) is 5. The van der Waals surface area contributed by atoms with E-state index in [2.05, 4.69) is 37.9 Å². The van der Waals surface area contributed by atoms with Gasteiger partial charge in [0.05, 0.1) is 4.91 Å². The SMILES string of the molecule is CCCN1c2cc(Cl)c(/C=C3/SC(=O)N(CC(=O)Nc4cccc(Cl)c4)C3=O)cc2C(C)CC1(C)C. The molecule has 0 bridgehead atoms. The van der Waals surface area contributed by atoms with E-state index in [1.807, 2.05) is 12.1 Å². The summed E-state index contributed by atoms with van der Waals surface area (Å²) in [6, 6.07) is 10.7. The normalized spacial score (nSPS) is 20.2. The van der Waals surface area contributed by atoms with Gasteiger partial charge in [-0.2, -0.15) is 0 Å². The lowest BCUT2D eigenvalue weighted by Crippen LogP contribution is -2.48. The summed E-state index contributed by atoms with van der Waals surface area (Å²) < 4.78 is 0. The fourth-order valence-electron chi connectivity index (χ4n) is 4.97. The molecule has 190 valence electrons. The van der Waals surface area contributed by atoms with Gasteiger partial charge >= 0.3 is 0 Å². The number of rotatable bonds is 6.